The van der Waals surface area contributed by atoms with Crippen LogP contribution in [0.5, 0.6) is 0 Å². The molecule has 0 radical (unpaired) electrons. The van der Waals surface area contributed by atoms with Gasteiger partial charge in [0.05, 0.1) is 12.2 Å². The second kappa shape index (κ2) is 5.55. The maximum absolute atomic E-state index is 10.7. The Hall–Kier alpha value is -1.49. The van der Waals surface area contributed by atoms with E-state index in [0.717, 1.165) is 5.69 Å². The predicted octanol–water partition coefficient (Wildman–Crippen LogP) is 1.08. The molecule has 0 fully saturated rings. The van der Waals surface area contributed by atoms with Crippen LogP contribution in [0.2, 0.25) is 0 Å². The van der Waals surface area contributed by atoms with Crippen molar-refractivity contribution in [2.75, 3.05) is 6.54 Å². The minimum Gasteiger partial charge on any atom is -0.480 e. The molecule has 1 heterocycles. The number of aliphatic carboxylic acids is 1. The summed E-state index contributed by atoms with van der Waals surface area (Å²) in [6.07, 6.45) is 1.69. The summed E-state index contributed by atoms with van der Waals surface area (Å²) in [5, 5.41) is 8.79. The summed E-state index contributed by atoms with van der Waals surface area (Å²) in [6.45, 7) is 6.32. The first-order valence-electron chi connectivity index (χ1n) is 5.23. The molecule has 5 heteroatoms. The van der Waals surface area contributed by atoms with Gasteiger partial charge in [0.25, 0.3) is 0 Å². The largest absolute Gasteiger partial charge is 0.480 e. The lowest BCUT2D eigenvalue weighted by Crippen LogP contribution is -2.35. The molecule has 1 aromatic rings. The molecular formula is C11H17N3O2. The molecule has 16 heavy (non-hydrogen) atoms. The fourth-order valence-electron chi connectivity index (χ4n) is 1.40. The zero-order valence-electron chi connectivity index (χ0n) is 9.84. The van der Waals surface area contributed by atoms with Crippen LogP contribution in [0.15, 0.2) is 12.3 Å². The van der Waals surface area contributed by atoms with E-state index in [1.807, 2.05) is 31.7 Å². The molecule has 0 saturated carbocycles. The predicted molar refractivity (Wildman–Crippen MR) is 60.0 cm³/mol. The van der Waals surface area contributed by atoms with Crippen molar-refractivity contribution < 1.29 is 9.90 Å². The average molecular weight is 223 g/mol. The lowest BCUT2D eigenvalue weighted by Gasteiger charge is -2.23. The van der Waals surface area contributed by atoms with Crippen molar-refractivity contribution in [3.63, 3.8) is 0 Å². The second-order valence-corrected chi connectivity index (χ2v) is 3.99. The molecule has 0 aliphatic heterocycles. The molecule has 0 unspecified atom stereocenters. The molecule has 1 rings (SSSR count). The van der Waals surface area contributed by atoms with Gasteiger partial charge in [-0.25, -0.2) is 9.97 Å². The zero-order valence-corrected chi connectivity index (χ0v) is 9.84. The molecule has 5 nitrogen and oxygen atoms in total. The van der Waals surface area contributed by atoms with Crippen molar-refractivity contribution in [3.05, 3.63) is 23.8 Å². The molecular weight excluding hydrogens is 206 g/mol. The van der Waals surface area contributed by atoms with Crippen LogP contribution in [0.4, 0.5) is 0 Å². The van der Waals surface area contributed by atoms with Crippen LogP contribution in [0.3, 0.4) is 0 Å². The molecule has 0 saturated heterocycles. The monoisotopic (exact) mass is 223 g/mol. The van der Waals surface area contributed by atoms with Crippen molar-refractivity contribution in [3.8, 4) is 0 Å². The van der Waals surface area contributed by atoms with Gasteiger partial charge in [0.1, 0.15) is 5.82 Å². The summed E-state index contributed by atoms with van der Waals surface area (Å²) in [5.41, 5.74) is 0.849. The fourth-order valence-corrected chi connectivity index (χ4v) is 1.40. The molecule has 0 amide bonds. The van der Waals surface area contributed by atoms with Gasteiger partial charge in [-0.15, -0.1) is 0 Å². The SMILES string of the molecule is Cc1nccc(CN(CC(=O)O)C(C)C)n1. The smallest absolute Gasteiger partial charge is 0.317 e. The highest BCUT2D eigenvalue weighted by molar-refractivity contribution is 5.69. The first-order chi connectivity index (χ1) is 7.49. The lowest BCUT2D eigenvalue weighted by molar-refractivity contribution is -0.138. The normalized spacial score (nSPS) is 11.1. The number of aromatic nitrogens is 2. The summed E-state index contributed by atoms with van der Waals surface area (Å²) in [6, 6.07) is 1.98. The molecule has 1 aromatic heterocycles. The Kier molecular flexibility index (Phi) is 4.37. The number of nitrogens with zero attached hydrogens (tertiary/aromatic N) is 3. The van der Waals surface area contributed by atoms with E-state index >= 15 is 0 Å². The second-order valence-electron chi connectivity index (χ2n) is 3.99. The third-order valence-corrected chi connectivity index (χ3v) is 2.27. The first kappa shape index (κ1) is 12.6. The summed E-state index contributed by atoms with van der Waals surface area (Å²) < 4.78 is 0. The highest BCUT2D eigenvalue weighted by Crippen LogP contribution is 2.05. The summed E-state index contributed by atoms with van der Waals surface area (Å²) in [5.74, 6) is -0.115. The molecule has 0 atom stereocenters. The maximum Gasteiger partial charge on any atom is 0.317 e. The van der Waals surface area contributed by atoms with Crippen LogP contribution >= 0.6 is 0 Å². The Labute approximate surface area is 95.1 Å². The Morgan fingerprint density at radius 1 is 1.56 bits per heavy atom. The van der Waals surface area contributed by atoms with Crippen LogP contribution in [-0.4, -0.2) is 38.5 Å². The van der Waals surface area contributed by atoms with Gasteiger partial charge < -0.3 is 5.11 Å². The number of hydrogen-bond acceptors (Lipinski definition) is 4. The average Bonchev–Trinajstić information content (AvgIpc) is 2.15. The number of carbonyl (C=O) groups is 1. The van der Waals surface area contributed by atoms with Crippen molar-refractivity contribution >= 4 is 5.97 Å². The Balaban J connectivity index is 2.71. The maximum atomic E-state index is 10.7. The first-order valence-corrected chi connectivity index (χ1v) is 5.23. The molecule has 0 aromatic carbocycles. The zero-order chi connectivity index (χ0) is 12.1. The fraction of sp³-hybridized carbons (Fsp3) is 0.545. The number of hydrogen-bond donors (Lipinski definition) is 1. The van der Waals surface area contributed by atoms with Gasteiger partial charge >= 0.3 is 5.97 Å². The molecule has 0 aliphatic rings. The molecule has 0 aliphatic carbocycles. The number of rotatable bonds is 5. The van der Waals surface area contributed by atoms with Crippen LogP contribution in [0.1, 0.15) is 25.4 Å². The van der Waals surface area contributed by atoms with Crippen LogP contribution in [0.25, 0.3) is 0 Å². The van der Waals surface area contributed by atoms with Crippen LogP contribution in [0, 0.1) is 6.92 Å². The van der Waals surface area contributed by atoms with Crippen LogP contribution in [-0.2, 0) is 11.3 Å². The minimum atomic E-state index is -0.820. The van der Waals surface area contributed by atoms with E-state index in [4.69, 9.17) is 5.11 Å². The van der Waals surface area contributed by atoms with Crippen molar-refractivity contribution in [2.45, 2.75) is 33.4 Å². The molecule has 1 N–H and O–H groups in total. The number of aryl methyl sites for hydroxylation is 1. The minimum absolute atomic E-state index is 0.0285. The van der Waals surface area contributed by atoms with Crippen molar-refractivity contribution in [2.24, 2.45) is 0 Å². The summed E-state index contributed by atoms with van der Waals surface area (Å²) >= 11 is 0. The van der Waals surface area contributed by atoms with E-state index in [0.29, 0.717) is 12.4 Å². The highest BCUT2D eigenvalue weighted by Gasteiger charge is 2.14. The van der Waals surface area contributed by atoms with E-state index in [1.165, 1.54) is 0 Å². The highest BCUT2D eigenvalue weighted by atomic mass is 16.4. The number of carboxylic acid groups (broad SMARTS) is 1. The third-order valence-electron chi connectivity index (χ3n) is 2.27. The third kappa shape index (κ3) is 3.94. The Morgan fingerprint density at radius 2 is 2.25 bits per heavy atom. The van der Waals surface area contributed by atoms with Crippen molar-refractivity contribution in [1.29, 1.82) is 0 Å². The lowest BCUT2D eigenvalue weighted by atomic mass is 10.2. The molecule has 0 bridgehead atoms. The Bertz CT molecular complexity index is 366. The van der Waals surface area contributed by atoms with E-state index in [-0.39, 0.29) is 12.6 Å². The molecule has 0 spiro atoms. The van der Waals surface area contributed by atoms with Gasteiger partial charge in [0.2, 0.25) is 0 Å². The van der Waals surface area contributed by atoms with Crippen LogP contribution < -0.4 is 0 Å². The quantitative estimate of drug-likeness (QED) is 0.809. The summed E-state index contributed by atoms with van der Waals surface area (Å²) in [4.78, 5) is 20.8. The van der Waals surface area contributed by atoms with Gasteiger partial charge in [-0.1, -0.05) is 0 Å². The van der Waals surface area contributed by atoms with E-state index in [2.05, 4.69) is 9.97 Å². The topological polar surface area (TPSA) is 66.3 Å². The Morgan fingerprint density at radius 3 is 2.75 bits per heavy atom. The van der Waals surface area contributed by atoms with E-state index in [1.54, 1.807) is 6.20 Å². The van der Waals surface area contributed by atoms with Gasteiger partial charge in [0.15, 0.2) is 0 Å². The van der Waals surface area contributed by atoms with Gasteiger partial charge in [-0.3, -0.25) is 9.69 Å². The van der Waals surface area contributed by atoms with E-state index < -0.39 is 5.97 Å². The van der Waals surface area contributed by atoms with Crippen molar-refractivity contribution in [1.82, 2.24) is 14.9 Å². The number of carboxylic acids is 1. The summed E-state index contributed by atoms with van der Waals surface area (Å²) in [7, 11) is 0. The standard InChI is InChI=1S/C11H17N3O2/c1-8(2)14(7-11(15)16)6-10-4-5-12-9(3)13-10/h4-5,8H,6-7H2,1-3H3,(H,15,16). The van der Waals surface area contributed by atoms with Gasteiger partial charge in [0, 0.05) is 18.8 Å². The van der Waals surface area contributed by atoms with Gasteiger partial charge in [-0.05, 0) is 26.8 Å². The van der Waals surface area contributed by atoms with Gasteiger partial charge in [-0.2, -0.15) is 0 Å². The van der Waals surface area contributed by atoms with E-state index in [9.17, 15) is 4.79 Å². The molecule has 88 valence electrons.